The molecule has 0 aromatic heterocycles. The lowest BCUT2D eigenvalue weighted by molar-refractivity contribution is -0.122. The van der Waals surface area contributed by atoms with Crippen molar-refractivity contribution in [2.24, 2.45) is 0 Å². The fourth-order valence-corrected chi connectivity index (χ4v) is 5.44. The molecule has 2 aromatic carbocycles. The number of benzene rings is 2. The number of rotatable bonds is 7. The summed E-state index contributed by atoms with van der Waals surface area (Å²) in [5.74, 6) is 1.68. The summed E-state index contributed by atoms with van der Waals surface area (Å²) in [5.41, 5.74) is 3.36. The van der Waals surface area contributed by atoms with Gasteiger partial charge in [-0.25, -0.2) is 0 Å². The van der Waals surface area contributed by atoms with Crippen molar-refractivity contribution in [1.29, 1.82) is 0 Å². The van der Waals surface area contributed by atoms with Gasteiger partial charge in [0.25, 0.3) is 0 Å². The van der Waals surface area contributed by atoms with E-state index in [1.165, 1.54) is 0 Å². The van der Waals surface area contributed by atoms with Crippen molar-refractivity contribution in [2.45, 2.75) is 58.0 Å². The Bertz CT molecular complexity index is 1120. The average molecular weight is 528 g/mol. The van der Waals surface area contributed by atoms with Crippen LogP contribution in [0.25, 0.3) is 0 Å². The van der Waals surface area contributed by atoms with Gasteiger partial charge < -0.3 is 19.5 Å². The number of hydrogen-bond donors (Lipinski definition) is 1. The van der Waals surface area contributed by atoms with Crippen molar-refractivity contribution >= 4 is 27.6 Å². The molecule has 0 radical (unpaired) electrons. The number of hydrogen-bond acceptors (Lipinski definition) is 5. The molecule has 1 heterocycles. The minimum absolute atomic E-state index is 0.0139. The lowest BCUT2D eigenvalue weighted by atomic mass is 9.73. The molecular weight excluding hydrogens is 498 g/mol. The van der Waals surface area contributed by atoms with Crippen LogP contribution in [0.2, 0.25) is 0 Å². The predicted molar refractivity (Wildman–Crippen MR) is 134 cm³/mol. The molecule has 0 fully saturated rings. The maximum Gasteiger partial charge on any atom is 0.225 e. The SMILES string of the molecule is CCOc1cc(C2CC(=O)NC3=C2C(=O)CC(c2ccc(OC(C)C)cc2)C3)cc(Br)c1OC. The van der Waals surface area contributed by atoms with Crippen LogP contribution >= 0.6 is 15.9 Å². The Morgan fingerprint density at radius 1 is 1.06 bits per heavy atom. The molecule has 6 nitrogen and oxygen atoms in total. The van der Waals surface area contributed by atoms with Gasteiger partial charge in [0.15, 0.2) is 17.3 Å². The quantitative estimate of drug-likeness (QED) is 0.503. The van der Waals surface area contributed by atoms with E-state index < -0.39 is 0 Å². The highest BCUT2D eigenvalue weighted by molar-refractivity contribution is 9.10. The highest BCUT2D eigenvalue weighted by atomic mass is 79.9. The summed E-state index contributed by atoms with van der Waals surface area (Å²) in [6.45, 7) is 6.36. The Hall–Kier alpha value is -2.80. The first-order chi connectivity index (χ1) is 16.3. The highest BCUT2D eigenvalue weighted by Gasteiger charge is 2.38. The van der Waals surface area contributed by atoms with Gasteiger partial charge in [0.2, 0.25) is 5.91 Å². The second-order valence-corrected chi connectivity index (χ2v) is 9.78. The van der Waals surface area contributed by atoms with Crippen molar-refractivity contribution in [3.63, 3.8) is 0 Å². The first kappa shape index (κ1) is 24.3. The number of carbonyl (C=O) groups excluding carboxylic acids is 2. The molecule has 1 amide bonds. The van der Waals surface area contributed by atoms with Crippen LogP contribution in [0, 0.1) is 0 Å². The molecule has 1 aliphatic heterocycles. The Morgan fingerprint density at radius 2 is 1.79 bits per heavy atom. The number of halogens is 1. The molecule has 1 aliphatic carbocycles. The molecule has 7 heteroatoms. The van der Waals surface area contributed by atoms with Crippen LogP contribution < -0.4 is 19.5 Å². The van der Waals surface area contributed by atoms with Crippen LogP contribution in [0.1, 0.15) is 63.0 Å². The molecule has 2 atom stereocenters. The molecule has 2 unspecified atom stereocenters. The number of ketones is 1. The number of Topliss-reactive ketones (excluding diaryl/α,β-unsaturated/α-hetero) is 1. The van der Waals surface area contributed by atoms with E-state index in [9.17, 15) is 9.59 Å². The van der Waals surface area contributed by atoms with Gasteiger partial charge in [0.1, 0.15) is 5.75 Å². The van der Waals surface area contributed by atoms with Crippen LogP contribution in [0.15, 0.2) is 52.1 Å². The van der Waals surface area contributed by atoms with Crippen molar-refractivity contribution in [2.75, 3.05) is 13.7 Å². The zero-order chi connectivity index (χ0) is 24.4. The predicted octanol–water partition coefficient (Wildman–Crippen LogP) is 5.65. The summed E-state index contributed by atoms with van der Waals surface area (Å²) in [6.07, 6.45) is 1.35. The third-order valence-electron chi connectivity index (χ3n) is 6.20. The van der Waals surface area contributed by atoms with Crippen molar-refractivity contribution in [3.05, 3.63) is 63.3 Å². The third kappa shape index (κ3) is 4.99. The lowest BCUT2D eigenvalue weighted by Crippen LogP contribution is -2.38. The van der Waals surface area contributed by atoms with Gasteiger partial charge in [0.05, 0.1) is 24.3 Å². The minimum Gasteiger partial charge on any atom is -0.492 e. The summed E-state index contributed by atoms with van der Waals surface area (Å²) >= 11 is 3.56. The van der Waals surface area contributed by atoms with Gasteiger partial charge in [-0.15, -0.1) is 0 Å². The zero-order valence-electron chi connectivity index (χ0n) is 19.9. The molecule has 180 valence electrons. The monoisotopic (exact) mass is 527 g/mol. The number of amides is 1. The highest BCUT2D eigenvalue weighted by Crippen LogP contribution is 2.46. The van der Waals surface area contributed by atoms with E-state index >= 15 is 0 Å². The Balaban J connectivity index is 1.66. The van der Waals surface area contributed by atoms with Crippen molar-refractivity contribution in [3.8, 4) is 17.2 Å². The number of ether oxygens (including phenoxy) is 3. The van der Waals surface area contributed by atoms with Crippen molar-refractivity contribution < 1.29 is 23.8 Å². The van der Waals surface area contributed by atoms with Gasteiger partial charge >= 0.3 is 0 Å². The van der Waals surface area contributed by atoms with Crippen LogP contribution in [-0.4, -0.2) is 31.5 Å². The summed E-state index contributed by atoms with van der Waals surface area (Å²) < 4.78 is 17.7. The smallest absolute Gasteiger partial charge is 0.225 e. The first-order valence-corrected chi connectivity index (χ1v) is 12.4. The number of allylic oxidation sites excluding steroid dienone is 2. The molecule has 34 heavy (non-hydrogen) atoms. The topological polar surface area (TPSA) is 73.9 Å². The van der Waals surface area contributed by atoms with Crippen LogP contribution in [0.5, 0.6) is 17.2 Å². The second-order valence-electron chi connectivity index (χ2n) is 8.93. The molecule has 2 aromatic rings. The van der Waals surface area contributed by atoms with Gasteiger partial charge in [-0.2, -0.15) is 0 Å². The maximum absolute atomic E-state index is 13.4. The zero-order valence-corrected chi connectivity index (χ0v) is 21.5. The Kier molecular flexibility index (Phi) is 7.31. The number of carbonyl (C=O) groups is 2. The van der Waals surface area contributed by atoms with E-state index in [1.807, 2.05) is 57.2 Å². The largest absolute Gasteiger partial charge is 0.492 e. The lowest BCUT2D eigenvalue weighted by Gasteiger charge is -2.34. The molecule has 0 bridgehead atoms. The number of nitrogens with one attached hydrogen (secondary N) is 1. The van der Waals surface area contributed by atoms with E-state index in [0.29, 0.717) is 36.5 Å². The fraction of sp³-hybridized carbons (Fsp3) is 0.407. The first-order valence-electron chi connectivity index (χ1n) is 11.6. The van der Waals surface area contributed by atoms with E-state index in [4.69, 9.17) is 14.2 Å². The normalized spacial score (nSPS) is 20.2. The van der Waals surface area contributed by atoms with E-state index in [1.54, 1.807) is 7.11 Å². The second kappa shape index (κ2) is 10.2. The van der Waals surface area contributed by atoms with Crippen molar-refractivity contribution in [1.82, 2.24) is 5.32 Å². The van der Waals surface area contributed by atoms with Gasteiger partial charge in [-0.1, -0.05) is 12.1 Å². The third-order valence-corrected chi connectivity index (χ3v) is 6.79. The Morgan fingerprint density at radius 3 is 2.44 bits per heavy atom. The van der Waals surface area contributed by atoms with E-state index in [-0.39, 0.29) is 36.1 Å². The summed E-state index contributed by atoms with van der Waals surface area (Å²) in [7, 11) is 1.59. The van der Waals surface area contributed by atoms with E-state index in [2.05, 4.69) is 21.2 Å². The summed E-state index contributed by atoms with van der Waals surface area (Å²) in [6, 6.07) is 11.7. The van der Waals surface area contributed by atoms with E-state index in [0.717, 1.165) is 27.0 Å². The van der Waals surface area contributed by atoms with Gasteiger partial charge in [0, 0.05) is 30.0 Å². The number of methoxy groups -OCH3 is 1. The summed E-state index contributed by atoms with van der Waals surface area (Å²) in [5, 5.41) is 2.99. The molecule has 0 spiro atoms. The fourth-order valence-electron chi connectivity index (χ4n) is 4.82. The molecule has 4 rings (SSSR count). The minimum atomic E-state index is -0.319. The van der Waals surface area contributed by atoms with Crippen LogP contribution in [0.4, 0.5) is 0 Å². The van der Waals surface area contributed by atoms with Gasteiger partial charge in [-0.3, -0.25) is 9.59 Å². The van der Waals surface area contributed by atoms with Gasteiger partial charge in [-0.05, 0) is 84.4 Å². The average Bonchev–Trinajstić information content (AvgIpc) is 2.78. The molecular formula is C27H30BrNO5. The standard InChI is InChI=1S/C27H30BrNO5/c1-5-33-24-13-18(10-21(28)27(24)32-4)20-14-25(31)29-22-11-17(12-23(30)26(20)22)16-6-8-19(9-7-16)34-15(2)3/h6-10,13,15,17,20H,5,11-12,14H2,1-4H3,(H,29,31). The Labute approximate surface area is 208 Å². The molecule has 0 saturated heterocycles. The van der Waals surface area contributed by atoms with Crippen LogP contribution in [-0.2, 0) is 9.59 Å². The molecule has 2 aliphatic rings. The maximum atomic E-state index is 13.4. The van der Waals surface area contributed by atoms with Crippen LogP contribution in [0.3, 0.4) is 0 Å². The molecule has 1 N–H and O–H groups in total. The summed E-state index contributed by atoms with van der Waals surface area (Å²) in [4.78, 5) is 26.1. The molecule has 0 saturated carbocycles.